The smallest absolute Gasteiger partial charge is 0.267 e. The molecule has 2 aromatic carbocycles. The summed E-state index contributed by atoms with van der Waals surface area (Å²) in [7, 11) is 1.61. The van der Waals surface area contributed by atoms with Crippen molar-refractivity contribution in [2.75, 3.05) is 7.11 Å². The van der Waals surface area contributed by atoms with Crippen molar-refractivity contribution in [3.63, 3.8) is 0 Å². The fraction of sp³-hybridized carbons (Fsp3) is 0.269. The van der Waals surface area contributed by atoms with Gasteiger partial charge in [0.25, 0.3) is 5.56 Å². The van der Waals surface area contributed by atoms with Crippen molar-refractivity contribution in [3.05, 3.63) is 81.0 Å². The maximum Gasteiger partial charge on any atom is 0.267 e. The maximum absolute atomic E-state index is 14.0. The van der Waals surface area contributed by atoms with Crippen LogP contribution in [0.15, 0.2) is 64.5 Å². The number of nitrogens with two attached hydrogens (primary N) is 1. The molecule has 0 saturated heterocycles. The number of carbonyl (C=O) groups excluding carboxylic acids is 1. The molecule has 2 heterocycles. The standard InChI is InChI=1S/C26H25N3O3S2/c1-32-18-14-12-17(13-15-18)29-25(31)21-19-10-6-3-7-11-20(19)33-24(21)28-26(29)34-22(23(27)30)16-8-4-2-5-9-16/h2,4-5,8-9,12-15,22H,3,6-7,10-11H2,1H3,(H2,27,30). The number of nitrogens with zero attached hydrogens (tertiary/aromatic N) is 2. The summed E-state index contributed by atoms with van der Waals surface area (Å²) in [6, 6.07) is 16.7. The van der Waals surface area contributed by atoms with Crippen molar-refractivity contribution in [1.82, 2.24) is 9.55 Å². The zero-order valence-corrected chi connectivity index (χ0v) is 20.5. The van der Waals surface area contributed by atoms with E-state index in [1.165, 1.54) is 23.1 Å². The Morgan fingerprint density at radius 1 is 1.09 bits per heavy atom. The normalized spacial score (nSPS) is 14.4. The number of thioether (sulfide) groups is 1. The van der Waals surface area contributed by atoms with Gasteiger partial charge in [-0.1, -0.05) is 48.5 Å². The largest absolute Gasteiger partial charge is 0.497 e. The predicted molar refractivity (Wildman–Crippen MR) is 137 cm³/mol. The number of methoxy groups -OCH3 is 1. The minimum atomic E-state index is -0.673. The lowest BCUT2D eigenvalue weighted by atomic mass is 10.1. The minimum absolute atomic E-state index is 0.103. The number of hydrogen-bond donors (Lipinski definition) is 1. The van der Waals surface area contributed by atoms with Crippen LogP contribution in [0.25, 0.3) is 15.9 Å². The number of fused-ring (bicyclic) bond motifs is 3. The summed E-state index contributed by atoms with van der Waals surface area (Å²) in [5.41, 5.74) is 8.29. The molecule has 8 heteroatoms. The molecule has 1 unspecified atom stereocenters. The van der Waals surface area contributed by atoms with Crippen LogP contribution in [0.2, 0.25) is 0 Å². The Labute approximate surface area is 205 Å². The van der Waals surface area contributed by atoms with Crippen molar-refractivity contribution >= 4 is 39.2 Å². The molecule has 6 nitrogen and oxygen atoms in total. The topological polar surface area (TPSA) is 87.2 Å². The highest BCUT2D eigenvalue weighted by molar-refractivity contribution is 8.00. The van der Waals surface area contributed by atoms with E-state index in [4.69, 9.17) is 15.5 Å². The quantitative estimate of drug-likeness (QED) is 0.232. The third-order valence-electron chi connectivity index (χ3n) is 6.12. The number of carbonyl (C=O) groups is 1. The van der Waals surface area contributed by atoms with Gasteiger partial charge >= 0.3 is 0 Å². The summed E-state index contributed by atoms with van der Waals surface area (Å²) in [6.45, 7) is 0. The SMILES string of the molecule is COc1ccc(-n2c(SC(C(N)=O)c3ccccc3)nc3sc4c(c3c2=O)CCCCC4)cc1. The minimum Gasteiger partial charge on any atom is -0.497 e. The lowest BCUT2D eigenvalue weighted by molar-refractivity contribution is -0.117. The summed E-state index contributed by atoms with van der Waals surface area (Å²) >= 11 is 2.82. The molecule has 4 aromatic rings. The first-order valence-electron chi connectivity index (χ1n) is 11.3. The van der Waals surface area contributed by atoms with E-state index in [0.29, 0.717) is 22.0 Å². The average molecular weight is 492 g/mol. The summed E-state index contributed by atoms with van der Waals surface area (Å²) < 4.78 is 6.91. The highest BCUT2D eigenvalue weighted by Crippen LogP contribution is 2.38. The molecule has 2 N–H and O–H groups in total. The Balaban J connectivity index is 1.72. The Hall–Kier alpha value is -3.10. The first-order chi connectivity index (χ1) is 16.6. The van der Waals surface area contributed by atoms with Gasteiger partial charge in [0.05, 0.1) is 18.2 Å². The fourth-order valence-corrected chi connectivity index (χ4v) is 6.79. The molecule has 0 bridgehead atoms. The number of rotatable bonds is 6. The number of ether oxygens (including phenoxy) is 1. The van der Waals surface area contributed by atoms with E-state index in [1.54, 1.807) is 23.0 Å². The van der Waals surface area contributed by atoms with E-state index in [0.717, 1.165) is 41.6 Å². The van der Waals surface area contributed by atoms with E-state index in [1.807, 2.05) is 54.6 Å². The molecule has 0 radical (unpaired) electrons. The Morgan fingerprint density at radius 3 is 2.53 bits per heavy atom. The lowest BCUT2D eigenvalue weighted by Gasteiger charge is -2.17. The van der Waals surface area contributed by atoms with Crippen LogP contribution >= 0.6 is 23.1 Å². The summed E-state index contributed by atoms with van der Waals surface area (Å²) in [5, 5.41) is 0.483. The highest BCUT2D eigenvalue weighted by Gasteiger charge is 2.26. The van der Waals surface area contributed by atoms with Crippen LogP contribution in [0.1, 0.15) is 40.5 Å². The van der Waals surface area contributed by atoms with Gasteiger partial charge in [0.2, 0.25) is 5.91 Å². The van der Waals surface area contributed by atoms with Crippen molar-refractivity contribution in [1.29, 1.82) is 0 Å². The van der Waals surface area contributed by atoms with Crippen LogP contribution in [0.5, 0.6) is 5.75 Å². The van der Waals surface area contributed by atoms with Gasteiger partial charge in [0.1, 0.15) is 15.8 Å². The molecule has 0 fully saturated rings. The summed E-state index contributed by atoms with van der Waals surface area (Å²) in [5.74, 6) is 0.220. The molecule has 2 aromatic heterocycles. The number of benzene rings is 2. The van der Waals surface area contributed by atoms with Gasteiger partial charge in [-0.15, -0.1) is 11.3 Å². The average Bonchev–Trinajstić information content (AvgIpc) is 3.04. The Kier molecular flexibility index (Phi) is 6.43. The number of amides is 1. The number of primary amides is 1. The van der Waals surface area contributed by atoms with E-state index in [9.17, 15) is 9.59 Å². The van der Waals surface area contributed by atoms with Crippen LogP contribution in [0.3, 0.4) is 0 Å². The second kappa shape index (κ2) is 9.64. The van der Waals surface area contributed by atoms with Gasteiger partial charge < -0.3 is 10.5 Å². The van der Waals surface area contributed by atoms with Gasteiger partial charge in [0.15, 0.2) is 5.16 Å². The van der Waals surface area contributed by atoms with Crippen molar-refractivity contribution < 1.29 is 9.53 Å². The second-order valence-electron chi connectivity index (χ2n) is 8.29. The number of aromatic nitrogens is 2. The molecule has 1 aliphatic rings. The summed E-state index contributed by atoms with van der Waals surface area (Å²) in [6.07, 6.45) is 5.26. The number of thiophene rings is 1. The van der Waals surface area contributed by atoms with Crippen LogP contribution < -0.4 is 16.0 Å². The molecular weight excluding hydrogens is 466 g/mol. The monoisotopic (exact) mass is 491 g/mol. The van der Waals surface area contributed by atoms with E-state index in [-0.39, 0.29) is 5.56 Å². The van der Waals surface area contributed by atoms with Gasteiger partial charge in [-0.05, 0) is 61.1 Å². The zero-order valence-electron chi connectivity index (χ0n) is 18.8. The van der Waals surface area contributed by atoms with Crippen LogP contribution in [-0.4, -0.2) is 22.6 Å². The molecular formula is C26H25N3O3S2. The fourth-order valence-electron chi connectivity index (χ4n) is 4.42. The third-order valence-corrected chi connectivity index (χ3v) is 8.53. The van der Waals surface area contributed by atoms with Crippen molar-refractivity contribution in [3.8, 4) is 11.4 Å². The molecule has 0 aliphatic heterocycles. The van der Waals surface area contributed by atoms with Crippen molar-refractivity contribution in [2.24, 2.45) is 5.73 Å². The van der Waals surface area contributed by atoms with E-state index in [2.05, 4.69) is 0 Å². The van der Waals surface area contributed by atoms with Gasteiger partial charge in [-0.25, -0.2) is 4.98 Å². The van der Waals surface area contributed by atoms with Crippen LogP contribution in [0, 0.1) is 0 Å². The zero-order chi connectivity index (χ0) is 23.7. The molecule has 0 saturated carbocycles. The van der Waals surface area contributed by atoms with Gasteiger partial charge in [-0.2, -0.15) is 0 Å². The Morgan fingerprint density at radius 2 is 1.82 bits per heavy atom. The summed E-state index contributed by atoms with van der Waals surface area (Å²) in [4.78, 5) is 33.4. The van der Waals surface area contributed by atoms with Gasteiger partial charge in [0, 0.05) is 4.88 Å². The number of hydrogen-bond acceptors (Lipinski definition) is 6. The number of aryl methyl sites for hydroxylation is 2. The molecule has 1 atom stereocenters. The molecule has 0 spiro atoms. The third kappa shape index (κ3) is 4.23. The molecule has 174 valence electrons. The second-order valence-corrected chi connectivity index (χ2v) is 10.4. The maximum atomic E-state index is 14.0. The van der Waals surface area contributed by atoms with Gasteiger partial charge in [-0.3, -0.25) is 14.2 Å². The molecule has 34 heavy (non-hydrogen) atoms. The molecule has 5 rings (SSSR count). The van der Waals surface area contributed by atoms with E-state index >= 15 is 0 Å². The molecule has 1 aliphatic carbocycles. The Bertz CT molecular complexity index is 1400. The van der Waals surface area contributed by atoms with E-state index < -0.39 is 11.2 Å². The first kappa shape index (κ1) is 22.7. The highest BCUT2D eigenvalue weighted by atomic mass is 32.2. The first-order valence-corrected chi connectivity index (χ1v) is 13.0. The lowest BCUT2D eigenvalue weighted by Crippen LogP contribution is -2.24. The van der Waals surface area contributed by atoms with Crippen LogP contribution in [-0.2, 0) is 17.6 Å². The van der Waals surface area contributed by atoms with Crippen molar-refractivity contribution in [2.45, 2.75) is 42.5 Å². The molecule has 1 amide bonds. The van der Waals surface area contributed by atoms with Crippen LogP contribution in [0.4, 0.5) is 0 Å². The predicted octanol–water partition coefficient (Wildman–Crippen LogP) is 5.04.